The lowest BCUT2D eigenvalue weighted by Gasteiger charge is -2.20. The Morgan fingerprint density at radius 2 is 2.18 bits per heavy atom. The van der Waals surface area contributed by atoms with Gasteiger partial charge in [-0.25, -0.2) is 0 Å². The van der Waals surface area contributed by atoms with Gasteiger partial charge in [-0.15, -0.1) is 0 Å². The zero-order valence-corrected chi connectivity index (χ0v) is 7.51. The number of nitrogens with zero attached hydrogens (tertiary/aromatic N) is 1. The molecule has 0 bridgehead atoms. The van der Waals surface area contributed by atoms with E-state index in [4.69, 9.17) is 5.73 Å². The van der Waals surface area contributed by atoms with Crippen molar-refractivity contribution < 1.29 is 0 Å². The zero-order chi connectivity index (χ0) is 8.06. The molecule has 1 spiro atoms. The smallest absolute Gasteiger partial charge is 0.0115 e. The van der Waals surface area contributed by atoms with E-state index in [-0.39, 0.29) is 0 Å². The zero-order valence-electron chi connectivity index (χ0n) is 7.51. The van der Waals surface area contributed by atoms with Gasteiger partial charge in [0.2, 0.25) is 0 Å². The van der Waals surface area contributed by atoms with E-state index in [1.165, 1.54) is 25.9 Å². The number of hydrogen-bond acceptors (Lipinski definition) is 2. The molecule has 0 aromatic rings. The average Bonchev–Trinajstić information content (AvgIpc) is 2.44. The molecule has 1 heterocycles. The molecule has 2 N–H and O–H groups in total. The highest BCUT2D eigenvalue weighted by Gasteiger charge is 2.55. The van der Waals surface area contributed by atoms with Gasteiger partial charge in [-0.3, -0.25) is 0 Å². The van der Waals surface area contributed by atoms with Crippen molar-refractivity contribution in [1.82, 2.24) is 4.90 Å². The summed E-state index contributed by atoms with van der Waals surface area (Å²) in [5.74, 6) is 0. The lowest BCUT2D eigenvalue weighted by Crippen LogP contribution is -2.29. The maximum absolute atomic E-state index is 5.90. The standard InChI is InChI=1S/C9H18N2/c1-7(2)11-4-3-9(6-11)5-8(9)10/h7-8H,3-6,10H2,1-2H3/t8-,9-/m1/s1. The van der Waals surface area contributed by atoms with Gasteiger partial charge >= 0.3 is 0 Å². The molecule has 0 aromatic heterocycles. The van der Waals surface area contributed by atoms with E-state index in [1.54, 1.807) is 0 Å². The highest BCUT2D eigenvalue weighted by Crippen LogP contribution is 2.51. The second kappa shape index (κ2) is 2.20. The molecule has 2 heteroatoms. The Bertz CT molecular complexity index is 167. The summed E-state index contributed by atoms with van der Waals surface area (Å²) in [5.41, 5.74) is 6.46. The lowest BCUT2D eigenvalue weighted by molar-refractivity contribution is 0.260. The summed E-state index contributed by atoms with van der Waals surface area (Å²) in [6, 6.07) is 1.23. The molecule has 2 aliphatic rings. The van der Waals surface area contributed by atoms with Crippen LogP contribution in [0.15, 0.2) is 0 Å². The maximum Gasteiger partial charge on any atom is 0.0115 e. The van der Waals surface area contributed by atoms with Gasteiger partial charge in [-0.05, 0) is 33.2 Å². The van der Waals surface area contributed by atoms with Crippen molar-refractivity contribution >= 4 is 0 Å². The van der Waals surface area contributed by atoms with Crippen molar-refractivity contribution in [1.29, 1.82) is 0 Å². The molecule has 11 heavy (non-hydrogen) atoms. The van der Waals surface area contributed by atoms with Crippen LogP contribution in [-0.4, -0.2) is 30.1 Å². The van der Waals surface area contributed by atoms with Gasteiger partial charge < -0.3 is 10.6 Å². The van der Waals surface area contributed by atoms with E-state index >= 15 is 0 Å². The summed E-state index contributed by atoms with van der Waals surface area (Å²) in [5, 5.41) is 0. The first kappa shape index (κ1) is 7.56. The minimum atomic E-state index is 0.520. The Morgan fingerprint density at radius 3 is 2.45 bits per heavy atom. The normalized spacial score (nSPS) is 44.2. The quantitative estimate of drug-likeness (QED) is 0.606. The van der Waals surface area contributed by atoms with Gasteiger partial charge in [-0.2, -0.15) is 0 Å². The summed E-state index contributed by atoms with van der Waals surface area (Å²) < 4.78 is 0. The van der Waals surface area contributed by atoms with Crippen LogP contribution in [0.5, 0.6) is 0 Å². The summed E-state index contributed by atoms with van der Waals surface area (Å²) in [7, 11) is 0. The fourth-order valence-corrected chi connectivity index (χ4v) is 2.22. The van der Waals surface area contributed by atoms with Crippen molar-refractivity contribution in [3.63, 3.8) is 0 Å². The number of hydrogen-bond donors (Lipinski definition) is 1. The summed E-state index contributed by atoms with van der Waals surface area (Å²) in [6.07, 6.45) is 2.61. The fourth-order valence-electron chi connectivity index (χ4n) is 2.22. The molecule has 2 fully saturated rings. The van der Waals surface area contributed by atoms with Gasteiger partial charge in [0.05, 0.1) is 0 Å². The third kappa shape index (κ3) is 1.09. The van der Waals surface area contributed by atoms with Crippen LogP contribution in [-0.2, 0) is 0 Å². The summed E-state index contributed by atoms with van der Waals surface area (Å²) >= 11 is 0. The lowest BCUT2D eigenvalue weighted by atomic mass is 10.1. The van der Waals surface area contributed by atoms with Crippen LogP contribution in [0.2, 0.25) is 0 Å². The molecule has 1 saturated heterocycles. The first-order valence-electron chi connectivity index (χ1n) is 4.64. The van der Waals surface area contributed by atoms with Gasteiger partial charge in [0.15, 0.2) is 0 Å². The van der Waals surface area contributed by atoms with Crippen molar-refractivity contribution in [2.24, 2.45) is 11.1 Å². The first-order valence-corrected chi connectivity index (χ1v) is 4.64. The SMILES string of the molecule is CC(C)N1CC[C@@]2(C[C@H]2N)C1. The van der Waals surface area contributed by atoms with Crippen LogP contribution in [0.25, 0.3) is 0 Å². The van der Waals surface area contributed by atoms with Crippen LogP contribution in [0.4, 0.5) is 0 Å². The van der Waals surface area contributed by atoms with Crippen molar-refractivity contribution in [2.45, 2.75) is 38.8 Å². The van der Waals surface area contributed by atoms with E-state index < -0.39 is 0 Å². The molecular formula is C9H18N2. The van der Waals surface area contributed by atoms with Gasteiger partial charge in [0.25, 0.3) is 0 Å². The highest BCUT2D eigenvalue weighted by atomic mass is 15.2. The van der Waals surface area contributed by atoms with Crippen molar-refractivity contribution in [3.8, 4) is 0 Å². The second-order valence-corrected chi connectivity index (χ2v) is 4.49. The molecule has 2 nitrogen and oxygen atoms in total. The van der Waals surface area contributed by atoms with Crippen LogP contribution in [0, 0.1) is 5.41 Å². The third-order valence-corrected chi connectivity index (χ3v) is 3.40. The molecule has 0 radical (unpaired) electrons. The molecule has 0 amide bonds. The number of likely N-dealkylation sites (tertiary alicyclic amines) is 1. The average molecular weight is 154 g/mol. The molecule has 1 aliphatic carbocycles. The minimum Gasteiger partial charge on any atom is -0.327 e. The predicted molar refractivity (Wildman–Crippen MR) is 46.4 cm³/mol. The molecular weight excluding hydrogens is 136 g/mol. The Hall–Kier alpha value is -0.0800. The largest absolute Gasteiger partial charge is 0.327 e. The molecule has 0 aromatic carbocycles. The topological polar surface area (TPSA) is 29.3 Å². The summed E-state index contributed by atoms with van der Waals surface area (Å²) in [4.78, 5) is 2.55. The van der Waals surface area contributed by atoms with Crippen LogP contribution < -0.4 is 5.73 Å². The van der Waals surface area contributed by atoms with E-state index in [9.17, 15) is 0 Å². The minimum absolute atomic E-state index is 0.520. The Balaban J connectivity index is 1.95. The fraction of sp³-hybridized carbons (Fsp3) is 1.00. The molecule has 2 rings (SSSR count). The third-order valence-electron chi connectivity index (χ3n) is 3.40. The monoisotopic (exact) mass is 154 g/mol. The van der Waals surface area contributed by atoms with Crippen LogP contribution in [0.3, 0.4) is 0 Å². The van der Waals surface area contributed by atoms with Gasteiger partial charge in [0.1, 0.15) is 0 Å². The van der Waals surface area contributed by atoms with E-state index in [0.29, 0.717) is 17.5 Å². The van der Waals surface area contributed by atoms with Crippen molar-refractivity contribution in [3.05, 3.63) is 0 Å². The Kier molecular flexibility index (Phi) is 1.52. The molecule has 2 atom stereocenters. The Labute approximate surface area is 68.7 Å². The van der Waals surface area contributed by atoms with E-state index in [2.05, 4.69) is 18.7 Å². The molecule has 1 aliphatic heterocycles. The van der Waals surface area contributed by atoms with Crippen LogP contribution in [0.1, 0.15) is 26.7 Å². The summed E-state index contributed by atoms with van der Waals surface area (Å²) in [6.45, 7) is 7.07. The molecule has 1 saturated carbocycles. The maximum atomic E-state index is 5.90. The van der Waals surface area contributed by atoms with Gasteiger partial charge in [-0.1, -0.05) is 0 Å². The number of nitrogens with two attached hydrogens (primary N) is 1. The molecule has 0 unspecified atom stereocenters. The van der Waals surface area contributed by atoms with Crippen molar-refractivity contribution in [2.75, 3.05) is 13.1 Å². The number of rotatable bonds is 1. The Morgan fingerprint density at radius 1 is 1.55 bits per heavy atom. The van der Waals surface area contributed by atoms with E-state index in [0.717, 1.165) is 0 Å². The first-order chi connectivity index (χ1) is 5.14. The molecule has 64 valence electrons. The van der Waals surface area contributed by atoms with E-state index in [1.807, 2.05) is 0 Å². The predicted octanol–water partition coefficient (Wildman–Crippen LogP) is 0.818. The second-order valence-electron chi connectivity index (χ2n) is 4.49. The van der Waals surface area contributed by atoms with Crippen LogP contribution >= 0.6 is 0 Å². The van der Waals surface area contributed by atoms with Gasteiger partial charge in [0, 0.05) is 24.0 Å². The highest BCUT2D eigenvalue weighted by molar-refractivity contribution is 5.11.